The van der Waals surface area contributed by atoms with Gasteiger partial charge in [0.15, 0.2) is 0 Å². The molecule has 4 N–H and O–H groups in total. The van der Waals surface area contributed by atoms with Crippen LogP contribution in [0.15, 0.2) is 0 Å². The maximum Gasteiger partial charge on any atom is 2.00 e. The van der Waals surface area contributed by atoms with Gasteiger partial charge in [-0.2, -0.15) is 0 Å². The van der Waals surface area contributed by atoms with Crippen molar-refractivity contribution in [2.24, 2.45) is 0 Å². The summed E-state index contributed by atoms with van der Waals surface area (Å²) in [5, 5.41) is 0. The van der Waals surface area contributed by atoms with Crippen LogP contribution >= 0.6 is 0 Å². The Kier molecular flexibility index (Phi) is 1610. The van der Waals surface area contributed by atoms with Gasteiger partial charge in [0, 0.05) is 0 Å². The van der Waals surface area contributed by atoms with Crippen LogP contribution in [0.3, 0.4) is 0 Å². The molecule has 0 rings (SSSR count). The molecule has 0 amide bonds. The number of hydrogen-bond donors (Lipinski definition) is 0. The third kappa shape index (κ3) is 38.2. The average molecular weight is 209 g/mol. The van der Waals surface area contributed by atoms with Crippen LogP contribution in [0.1, 0.15) is 0 Å². The van der Waals surface area contributed by atoms with Gasteiger partial charge in [-0.05, 0) is 0 Å². The Morgan fingerprint density at radius 2 is 0.600 bits per heavy atom. The second-order valence-electron chi connectivity index (χ2n) is 0. The van der Waals surface area contributed by atoms with Crippen molar-refractivity contribution in [2.45, 2.75) is 0 Å². The number of rotatable bonds is 0. The van der Waals surface area contributed by atoms with Crippen molar-refractivity contribution in [3.63, 3.8) is 0 Å². The zero-order chi connectivity index (χ0) is 0. The first-order chi connectivity index (χ1) is 0. The standard InChI is InChI=1S/2ClH.2H2N.Pd/h2*1H;2*1H2;/q;;2*-1;+2/p-2. The molecule has 0 aliphatic carbocycles. The van der Waals surface area contributed by atoms with Crippen LogP contribution in [0.5, 0.6) is 0 Å². The Morgan fingerprint density at radius 1 is 0.600 bits per heavy atom. The third-order valence-electron chi connectivity index (χ3n) is 0. The molecule has 0 atom stereocenters. The molecule has 0 radical (unpaired) electrons. The summed E-state index contributed by atoms with van der Waals surface area (Å²) in [7, 11) is 0. The molecule has 0 aliphatic rings. The van der Waals surface area contributed by atoms with E-state index in [9.17, 15) is 0 Å². The van der Waals surface area contributed by atoms with Crippen LogP contribution < -0.4 is 24.8 Å². The molecule has 2 nitrogen and oxygen atoms in total. The molecular formula is H4Cl2N2Pd-2. The number of nitrogens with two attached hydrogens (primary N) is 2. The van der Waals surface area contributed by atoms with Gasteiger partial charge in [0.05, 0.1) is 0 Å². The van der Waals surface area contributed by atoms with Crippen LogP contribution in [-0.4, -0.2) is 0 Å². The summed E-state index contributed by atoms with van der Waals surface area (Å²) in [5.74, 6) is 0. The fourth-order valence-corrected chi connectivity index (χ4v) is 0. The minimum absolute atomic E-state index is 0. The molecule has 0 saturated carbocycles. The van der Waals surface area contributed by atoms with Crippen LogP contribution in [0.4, 0.5) is 0 Å². The van der Waals surface area contributed by atoms with Gasteiger partial charge >= 0.3 is 20.4 Å². The van der Waals surface area contributed by atoms with Crippen molar-refractivity contribution in [3.05, 3.63) is 12.3 Å². The topological polar surface area (TPSA) is 67.0 Å². The molecule has 0 aromatic carbocycles. The summed E-state index contributed by atoms with van der Waals surface area (Å²) in [6, 6.07) is 0. The SMILES string of the molecule is [Cl-].[Cl-].[NH2-].[NH2-].[Pd+2]. The molecule has 0 heterocycles. The quantitative estimate of drug-likeness (QED) is 0.361. The minimum atomic E-state index is 0. The minimum Gasteiger partial charge on any atom is -1.00 e. The maximum atomic E-state index is 0. The largest absolute Gasteiger partial charge is 2.00 e. The van der Waals surface area contributed by atoms with Crippen LogP contribution in [0.25, 0.3) is 12.3 Å². The molecule has 0 aromatic rings. The van der Waals surface area contributed by atoms with Crippen LogP contribution in [-0.2, 0) is 20.4 Å². The van der Waals surface area contributed by atoms with Crippen molar-refractivity contribution in [2.75, 3.05) is 0 Å². The molecule has 0 bridgehead atoms. The Labute approximate surface area is 57.7 Å². The third-order valence-corrected chi connectivity index (χ3v) is 0. The molecule has 40 valence electrons. The predicted octanol–water partition coefficient (Wildman–Crippen LogP) is -4.56. The monoisotopic (exact) mass is 208 g/mol. The van der Waals surface area contributed by atoms with E-state index < -0.39 is 0 Å². The van der Waals surface area contributed by atoms with Crippen molar-refractivity contribution < 1.29 is 45.2 Å². The first-order valence-corrected chi connectivity index (χ1v) is 0. The molecule has 0 saturated heterocycles. The molecular weight excluding hydrogens is 205 g/mol. The van der Waals surface area contributed by atoms with E-state index in [2.05, 4.69) is 0 Å². The molecule has 5 heavy (non-hydrogen) atoms. The second-order valence-corrected chi connectivity index (χ2v) is 0. The van der Waals surface area contributed by atoms with Gasteiger partial charge in [-0.25, -0.2) is 0 Å². The van der Waals surface area contributed by atoms with E-state index in [4.69, 9.17) is 0 Å². The Balaban J connectivity index is 0. The molecule has 0 unspecified atom stereocenters. The zero-order valence-electron chi connectivity index (χ0n) is 2.23. The van der Waals surface area contributed by atoms with E-state index in [1.54, 1.807) is 0 Å². The van der Waals surface area contributed by atoms with Gasteiger partial charge in [0.1, 0.15) is 0 Å². The Morgan fingerprint density at radius 3 is 0.600 bits per heavy atom. The van der Waals surface area contributed by atoms with E-state index in [0.29, 0.717) is 0 Å². The van der Waals surface area contributed by atoms with Gasteiger partial charge in [-0.15, -0.1) is 0 Å². The smallest absolute Gasteiger partial charge is 1.00 e. The van der Waals surface area contributed by atoms with E-state index in [1.165, 1.54) is 0 Å². The zero-order valence-corrected chi connectivity index (χ0v) is 5.29. The molecule has 5 heteroatoms. The average Bonchev–Trinajstić information content (AvgIpc) is 0. The normalized spacial score (nSPS) is 0. The van der Waals surface area contributed by atoms with Gasteiger partial charge in [-0.1, -0.05) is 0 Å². The Hall–Kier alpha value is 1.16. The van der Waals surface area contributed by atoms with Crippen molar-refractivity contribution in [1.29, 1.82) is 0 Å². The first-order valence-electron chi connectivity index (χ1n) is 0. The Bertz CT molecular complexity index is 7.61. The van der Waals surface area contributed by atoms with Crippen LogP contribution in [0.2, 0.25) is 0 Å². The molecule has 0 fully saturated rings. The fraction of sp³-hybridized carbons (Fsp3) is 0. The summed E-state index contributed by atoms with van der Waals surface area (Å²) in [5.41, 5.74) is 0. The van der Waals surface area contributed by atoms with E-state index in [0.717, 1.165) is 0 Å². The predicted molar refractivity (Wildman–Crippen MR) is 10.6 cm³/mol. The molecule has 0 spiro atoms. The van der Waals surface area contributed by atoms with Gasteiger partial charge in [-0.3, -0.25) is 0 Å². The maximum absolute atomic E-state index is 0. The van der Waals surface area contributed by atoms with Gasteiger partial charge < -0.3 is 37.1 Å². The first kappa shape index (κ1) is 122. The van der Waals surface area contributed by atoms with Gasteiger partial charge in [0.25, 0.3) is 0 Å². The van der Waals surface area contributed by atoms with Crippen LogP contribution in [0, 0.1) is 0 Å². The molecule has 0 aliphatic heterocycles. The summed E-state index contributed by atoms with van der Waals surface area (Å²) in [6.07, 6.45) is 0. The van der Waals surface area contributed by atoms with E-state index >= 15 is 0 Å². The van der Waals surface area contributed by atoms with Gasteiger partial charge in [0.2, 0.25) is 0 Å². The van der Waals surface area contributed by atoms with Crippen molar-refractivity contribution >= 4 is 0 Å². The fourth-order valence-electron chi connectivity index (χ4n) is 0. The second kappa shape index (κ2) is 66.2. The summed E-state index contributed by atoms with van der Waals surface area (Å²) in [4.78, 5) is 0. The number of hydrogen-bond acceptors (Lipinski definition) is 0. The van der Waals surface area contributed by atoms with E-state index in [-0.39, 0.29) is 57.5 Å². The van der Waals surface area contributed by atoms with Crippen molar-refractivity contribution in [3.8, 4) is 0 Å². The number of halogens is 2. The van der Waals surface area contributed by atoms with E-state index in [1.807, 2.05) is 0 Å². The summed E-state index contributed by atoms with van der Waals surface area (Å²) < 4.78 is 0. The summed E-state index contributed by atoms with van der Waals surface area (Å²) >= 11 is 0. The van der Waals surface area contributed by atoms with Crippen molar-refractivity contribution in [1.82, 2.24) is 0 Å². The molecule has 0 aromatic heterocycles. The summed E-state index contributed by atoms with van der Waals surface area (Å²) in [6.45, 7) is 0.